The highest BCUT2D eigenvalue weighted by Gasteiger charge is 2.20. The summed E-state index contributed by atoms with van der Waals surface area (Å²) in [7, 11) is 0. The Kier molecular flexibility index (Phi) is 6.90. The molecule has 1 fully saturated rings. The van der Waals surface area contributed by atoms with Crippen molar-refractivity contribution in [1.82, 2.24) is 10.2 Å². The Labute approximate surface area is 140 Å². The number of piperidine rings is 1. The van der Waals surface area contributed by atoms with Crippen LogP contribution < -0.4 is 10.1 Å². The maximum Gasteiger partial charge on any atom is 0.224 e. The van der Waals surface area contributed by atoms with Crippen LogP contribution >= 0.6 is 0 Å². The molecule has 1 unspecified atom stereocenters. The van der Waals surface area contributed by atoms with Crippen molar-refractivity contribution < 1.29 is 9.53 Å². The number of likely N-dealkylation sites (tertiary alicyclic amines) is 1. The first-order valence-corrected chi connectivity index (χ1v) is 8.81. The molecule has 1 atom stereocenters. The van der Waals surface area contributed by atoms with E-state index in [1.54, 1.807) is 0 Å². The van der Waals surface area contributed by atoms with Crippen LogP contribution in [0.1, 0.15) is 39.2 Å². The van der Waals surface area contributed by atoms with Crippen molar-refractivity contribution in [2.45, 2.75) is 46.1 Å². The molecule has 0 bridgehead atoms. The molecule has 1 aromatic rings. The largest absolute Gasteiger partial charge is 0.494 e. The SMILES string of the molecule is CCOc1ccc(CC(=O)NCC(C)N2CCC(C)CC2)cc1. The van der Waals surface area contributed by atoms with Crippen LogP contribution in [0.5, 0.6) is 5.75 Å². The highest BCUT2D eigenvalue weighted by atomic mass is 16.5. The van der Waals surface area contributed by atoms with Gasteiger partial charge in [0.25, 0.3) is 0 Å². The minimum absolute atomic E-state index is 0.0892. The Hall–Kier alpha value is -1.55. The standard InChI is InChI=1S/C19H30N2O2/c1-4-23-18-7-5-17(6-8-18)13-19(22)20-14-16(3)21-11-9-15(2)10-12-21/h5-8,15-16H,4,9-14H2,1-3H3,(H,20,22). The van der Waals surface area contributed by atoms with Gasteiger partial charge in [0.15, 0.2) is 0 Å². The third-order valence-electron chi connectivity index (χ3n) is 4.64. The number of amides is 1. The number of hydrogen-bond donors (Lipinski definition) is 1. The van der Waals surface area contributed by atoms with Gasteiger partial charge < -0.3 is 10.1 Å². The van der Waals surface area contributed by atoms with E-state index in [1.165, 1.54) is 12.8 Å². The number of nitrogens with zero attached hydrogens (tertiary/aromatic N) is 1. The first-order valence-electron chi connectivity index (χ1n) is 8.81. The van der Waals surface area contributed by atoms with Crippen LogP contribution in [0.3, 0.4) is 0 Å². The zero-order valence-corrected chi connectivity index (χ0v) is 14.7. The predicted octanol–water partition coefficient (Wildman–Crippen LogP) is 2.86. The Balaban J connectivity index is 1.72. The summed E-state index contributed by atoms with van der Waals surface area (Å²) in [6, 6.07) is 8.17. The molecule has 0 saturated carbocycles. The summed E-state index contributed by atoms with van der Waals surface area (Å²) in [5.41, 5.74) is 1.02. The van der Waals surface area contributed by atoms with Crippen molar-refractivity contribution in [1.29, 1.82) is 0 Å². The van der Waals surface area contributed by atoms with E-state index in [9.17, 15) is 4.79 Å². The molecule has 23 heavy (non-hydrogen) atoms. The van der Waals surface area contributed by atoms with Gasteiger partial charge in [-0.1, -0.05) is 19.1 Å². The molecular formula is C19H30N2O2. The molecule has 0 radical (unpaired) electrons. The zero-order valence-electron chi connectivity index (χ0n) is 14.7. The summed E-state index contributed by atoms with van der Waals surface area (Å²) in [5.74, 6) is 1.78. The van der Waals surface area contributed by atoms with Crippen LogP contribution in [0.4, 0.5) is 0 Å². The first kappa shape index (κ1) is 17.8. The van der Waals surface area contributed by atoms with Crippen LogP contribution in [-0.2, 0) is 11.2 Å². The lowest BCUT2D eigenvalue weighted by atomic mass is 9.98. The van der Waals surface area contributed by atoms with Gasteiger partial charge in [0.2, 0.25) is 5.91 Å². The van der Waals surface area contributed by atoms with Crippen molar-refractivity contribution in [3.05, 3.63) is 29.8 Å². The fourth-order valence-corrected chi connectivity index (χ4v) is 2.98. The average molecular weight is 318 g/mol. The van der Waals surface area contributed by atoms with Gasteiger partial charge in [-0.25, -0.2) is 0 Å². The molecule has 0 spiro atoms. The van der Waals surface area contributed by atoms with Crippen LogP contribution in [0, 0.1) is 5.92 Å². The van der Waals surface area contributed by atoms with Crippen LogP contribution in [-0.4, -0.2) is 43.1 Å². The number of rotatable bonds is 7. The van der Waals surface area contributed by atoms with Gasteiger partial charge in [0, 0.05) is 12.6 Å². The van der Waals surface area contributed by atoms with Crippen molar-refractivity contribution >= 4 is 5.91 Å². The van der Waals surface area contributed by atoms with E-state index in [-0.39, 0.29) is 5.91 Å². The lowest BCUT2D eigenvalue weighted by Gasteiger charge is -2.35. The molecule has 2 rings (SSSR count). The van der Waals surface area contributed by atoms with Gasteiger partial charge in [-0.05, 0) is 63.4 Å². The fraction of sp³-hybridized carbons (Fsp3) is 0.632. The molecule has 1 amide bonds. The Morgan fingerprint density at radius 1 is 1.30 bits per heavy atom. The van der Waals surface area contributed by atoms with E-state index < -0.39 is 0 Å². The average Bonchev–Trinajstić information content (AvgIpc) is 2.55. The minimum Gasteiger partial charge on any atom is -0.494 e. The second kappa shape index (κ2) is 8.92. The van der Waals surface area contributed by atoms with E-state index >= 15 is 0 Å². The maximum absolute atomic E-state index is 12.1. The third-order valence-corrected chi connectivity index (χ3v) is 4.64. The molecular weight excluding hydrogens is 288 g/mol. The number of hydrogen-bond acceptors (Lipinski definition) is 3. The number of benzene rings is 1. The van der Waals surface area contributed by atoms with Crippen molar-refractivity contribution in [3.8, 4) is 5.75 Å². The van der Waals surface area contributed by atoms with E-state index in [4.69, 9.17) is 4.74 Å². The summed E-state index contributed by atoms with van der Waals surface area (Å²) in [4.78, 5) is 14.6. The van der Waals surface area contributed by atoms with Gasteiger partial charge >= 0.3 is 0 Å². The molecule has 4 heteroatoms. The highest BCUT2D eigenvalue weighted by molar-refractivity contribution is 5.78. The summed E-state index contributed by atoms with van der Waals surface area (Å²) in [5, 5.41) is 3.07. The molecule has 1 saturated heterocycles. The van der Waals surface area contributed by atoms with Crippen molar-refractivity contribution in [3.63, 3.8) is 0 Å². The topological polar surface area (TPSA) is 41.6 Å². The van der Waals surface area contributed by atoms with Gasteiger partial charge in [-0.15, -0.1) is 0 Å². The molecule has 1 aromatic carbocycles. The fourth-order valence-electron chi connectivity index (χ4n) is 2.98. The summed E-state index contributed by atoms with van der Waals surface area (Å²) < 4.78 is 5.41. The molecule has 1 N–H and O–H groups in total. The second-order valence-corrected chi connectivity index (χ2v) is 6.63. The Morgan fingerprint density at radius 2 is 1.96 bits per heavy atom. The van der Waals surface area contributed by atoms with Crippen molar-refractivity contribution in [2.24, 2.45) is 5.92 Å². The summed E-state index contributed by atoms with van der Waals surface area (Å²) in [6.07, 6.45) is 2.96. The lowest BCUT2D eigenvalue weighted by Crippen LogP contribution is -2.45. The maximum atomic E-state index is 12.1. The van der Waals surface area contributed by atoms with E-state index in [0.717, 1.165) is 36.9 Å². The second-order valence-electron chi connectivity index (χ2n) is 6.63. The molecule has 1 aliphatic heterocycles. The zero-order chi connectivity index (χ0) is 16.7. The molecule has 4 nitrogen and oxygen atoms in total. The molecule has 128 valence electrons. The third kappa shape index (κ3) is 5.87. The van der Waals surface area contributed by atoms with Crippen LogP contribution in [0.25, 0.3) is 0 Å². The van der Waals surface area contributed by atoms with Gasteiger partial charge in [0.05, 0.1) is 13.0 Å². The first-order chi connectivity index (χ1) is 11.1. The van der Waals surface area contributed by atoms with Crippen LogP contribution in [0.15, 0.2) is 24.3 Å². The van der Waals surface area contributed by atoms with Gasteiger partial charge in [-0.2, -0.15) is 0 Å². The number of carbonyl (C=O) groups excluding carboxylic acids is 1. The smallest absolute Gasteiger partial charge is 0.224 e. The van der Waals surface area contributed by atoms with E-state index in [1.807, 2.05) is 31.2 Å². The number of carbonyl (C=O) groups is 1. The van der Waals surface area contributed by atoms with E-state index in [0.29, 0.717) is 19.1 Å². The number of ether oxygens (including phenoxy) is 1. The van der Waals surface area contributed by atoms with Gasteiger partial charge in [-0.3, -0.25) is 9.69 Å². The Bertz CT molecular complexity index is 479. The predicted molar refractivity (Wildman–Crippen MR) is 93.8 cm³/mol. The minimum atomic E-state index is 0.0892. The monoisotopic (exact) mass is 318 g/mol. The summed E-state index contributed by atoms with van der Waals surface area (Å²) >= 11 is 0. The molecule has 0 aliphatic carbocycles. The lowest BCUT2D eigenvalue weighted by molar-refractivity contribution is -0.120. The van der Waals surface area contributed by atoms with E-state index in [2.05, 4.69) is 24.1 Å². The Morgan fingerprint density at radius 3 is 2.57 bits per heavy atom. The molecule has 1 aliphatic rings. The normalized spacial score (nSPS) is 17.7. The van der Waals surface area contributed by atoms with Gasteiger partial charge in [0.1, 0.15) is 5.75 Å². The molecule has 0 aromatic heterocycles. The summed E-state index contributed by atoms with van der Waals surface area (Å²) in [6.45, 7) is 10.2. The highest BCUT2D eigenvalue weighted by Crippen LogP contribution is 2.17. The van der Waals surface area contributed by atoms with Crippen molar-refractivity contribution in [2.75, 3.05) is 26.2 Å². The van der Waals surface area contributed by atoms with Crippen LogP contribution in [0.2, 0.25) is 0 Å². The molecule has 1 heterocycles. The quantitative estimate of drug-likeness (QED) is 0.840. The number of nitrogens with one attached hydrogen (secondary N) is 1.